The van der Waals surface area contributed by atoms with Gasteiger partial charge in [-0.3, -0.25) is 0 Å². The molecule has 2 N–H and O–H groups in total. The number of nitrogens with one attached hydrogen (secondary N) is 1. The van der Waals surface area contributed by atoms with Gasteiger partial charge in [-0.05, 0) is 31.9 Å². The highest BCUT2D eigenvalue weighted by molar-refractivity contribution is 5.39. The number of rotatable bonds is 9. The molecule has 3 rings (SSSR count). The van der Waals surface area contributed by atoms with Gasteiger partial charge >= 0.3 is 0 Å². The van der Waals surface area contributed by atoms with E-state index in [2.05, 4.69) is 15.5 Å². The Kier molecular flexibility index (Phi) is 6.85. The second-order valence-corrected chi connectivity index (χ2v) is 6.68. The molecule has 1 aromatic heterocycles. The summed E-state index contributed by atoms with van der Waals surface area (Å²) in [6.45, 7) is 2.68. The molecule has 0 radical (unpaired) electrons. The summed E-state index contributed by atoms with van der Waals surface area (Å²) in [5.74, 6) is 2.15. The van der Waals surface area contributed by atoms with E-state index in [1.165, 1.54) is 32.1 Å². The van der Waals surface area contributed by atoms with E-state index >= 15 is 0 Å². The molecule has 1 atom stereocenters. The van der Waals surface area contributed by atoms with Crippen molar-refractivity contribution in [1.29, 1.82) is 0 Å². The van der Waals surface area contributed by atoms with Crippen molar-refractivity contribution < 1.29 is 19.1 Å². The average Bonchev–Trinajstić information content (AvgIpc) is 3.10. The third-order valence-electron chi connectivity index (χ3n) is 4.45. The summed E-state index contributed by atoms with van der Waals surface area (Å²) in [7, 11) is 0. The van der Waals surface area contributed by atoms with Crippen molar-refractivity contribution >= 4 is 0 Å². The highest BCUT2D eigenvalue weighted by Gasteiger charge is 2.15. The van der Waals surface area contributed by atoms with E-state index in [1.54, 1.807) is 6.92 Å². The molecule has 1 heterocycles. The molecule has 0 spiro atoms. The van der Waals surface area contributed by atoms with Crippen molar-refractivity contribution in [3.63, 3.8) is 0 Å². The van der Waals surface area contributed by atoms with Crippen molar-refractivity contribution in [2.75, 3.05) is 13.2 Å². The van der Waals surface area contributed by atoms with Crippen molar-refractivity contribution in [2.24, 2.45) is 0 Å². The molecule has 1 fully saturated rings. The number of aliphatic hydroxyl groups is 1. The van der Waals surface area contributed by atoms with Crippen LogP contribution in [0.4, 0.5) is 0 Å². The van der Waals surface area contributed by atoms with Gasteiger partial charge in [-0.2, -0.15) is 4.98 Å². The lowest BCUT2D eigenvalue weighted by atomic mass is 9.95. The Bertz CT molecular complexity index is 670. The maximum atomic E-state index is 10.2. The molecular weight excluding hydrogens is 334 g/mol. The monoisotopic (exact) mass is 361 g/mol. The summed E-state index contributed by atoms with van der Waals surface area (Å²) in [4.78, 5) is 4.11. The van der Waals surface area contributed by atoms with Crippen LogP contribution in [0.5, 0.6) is 11.5 Å². The van der Waals surface area contributed by atoms with Crippen LogP contribution in [0.15, 0.2) is 28.8 Å². The van der Waals surface area contributed by atoms with Gasteiger partial charge in [0.2, 0.25) is 0 Å². The summed E-state index contributed by atoms with van der Waals surface area (Å²) in [5.41, 5.74) is 0. The van der Waals surface area contributed by atoms with Crippen LogP contribution in [-0.2, 0) is 6.61 Å². The van der Waals surface area contributed by atoms with Gasteiger partial charge in [0.05, 0.1) is 0 Å². The second kappa shape index (κ2) is 9.54. The molecule has 7 heteroatoms. The fraction of sp³-hybridized carbons (Fsp3) is 0.579. The molecule has 1 saturated carbocycles. The topological polar surface area (TPSA) is 89.6 Å². The van der Waals surface area contributed by atoms with Crippen LogP contribution in [0, 0.1) is 6.92 Å². The summed E-state index contributed by atoms with van der Waals surface area (Å²) < 4.78 is 16.5. The summed E-state index contributed by atoms with van der Waals surface area (Å²) >= 11 is 0. The lowest BCUT2D eigenvalue weighted by molar-refractivity contribution is 0.0989. The lowest BCUT2D eigenvalue weighted by Gasteiger charge is -2.24. The Morgan fingerprint density at radius 3 is 2.62 bits per heavy atom. The maximum absolute atomic E-state index is 10.2. The van der Waals surface area contributed by atoms with Crippen LogP contribution in [-0.4, -0.2) is 40.5 Å². The van der Waals surface area contributed by atoms with E-state index < -0.39 is 6.10 Å². The number of hydrogen-bond acceptors (Lipinski definition) is 7. The zero-order valence-electron chi connectivity index (χ0n) is 15.2. The Hall–Kier alpha value is -2.12. The van der Waals surface area contributed by atoms with Crippen LogP contribution in [0.2, 0.25) is 0 Å². The molecule has 1 aliphatic rings. The second-order valence-electron chi connectivity index (χ2n) is 6.68. The first-order chi connectivity index (χ1) is 12.7. The Balaban J connectivity index is 1.44. The molecule has 1 aromatic carbocycles. The molecule has 142 valence electrons. The zero-order valence-corrected chi connectivity index (χ0v) is 15.2. The number of aliphatic hydroxyl groups excluding tert-OH is 1. The predicted octanol–water partition coefficient (Wildman–Crippen LogP) is 2.62. The molecule has 1 aliphatic carbocycles. The molecule has 0 saturated heterocycles. The summed E-state index contributed by atoms with van der Waals surface area (Å²) in [5, 5.41) is 17.3. The minimum Gasteiger partial charge on any atom is -0.487 e. The normalized spacial score (nSPS) is 16.4. The third kappa shape index (κ3) is 5.71. The SMILES string of the molecule is Cc1noc(COc2ccccc2OCC(O)CNC2CCCCC2)n1. The van der Waals surface area contributed by atoms with Gasteiger partial charge in [0.25, 0.3) is 5.89 Å². The van der Waals surface area contributed by atoms with Crippen molar-refractivity contribution in [3.8, 4) is 11.5 Å². The predicted molar refractivity (Wildman–Crippen MR) is 96.2 cm³/mol. The van der Waals surface area contributed by atoms with Crippen LogP contribution in [0.3, 0.4) is 0 Å². The van der Waals surface area contributed by atoms with E-state index in [0.717, 1.165) is 0 Å². The van der Waals surface area contributed by atoms with Crippen LogP contribution >= 0.6 is 0 Å². The molecular formula is C19H27N3O4. The van der Waals surface area contributed by atoms with E-state index in [1.807, 2.05) is 24.3 Å². The summed E-state index contributed by atoms with van der Waals surface area (Å²) in [6, 6.07) is 7.88. The van der Waals surface area contributed by atoms with Gasteiger partial charge in [0.1, 0.15) is 12.7 Å². The summed E-state index contributed by atoms with van der Waals surface area (Å²) in [6.07, 6.45) is 5.69. The number of para-hydroxylation sites is 2. The average molecular weight is 361 g/mol. The molecule has 0 bridgehead atoms. The minimum absolute atomic E-state index is 0.174. The molecule has 7 nitrogen and oxygen atoms in total. The Labute approximate surface area is 153 Å². The van der Waals surface area contributed by atoms with Gasteiger partial charge in [-0.15, -0.1) is 0 Å². The standard InChI is InChI=1S/C19H27N3O4/c1-14-21-19(26-22-14)13-25-18-10-6-5-9-17(18)24-12-16(23)11-20-15-7-3-2-4-8-15/h5-6,9-10,15-16,20,23H,2-4,7-8,11-13H2,1H3. The fourth-order valence-electron chi connectivity index (χ4n) is 3.08. The van der Waals surface area contributed by atoms with Crippen LogP contribution < -0.4 is 14.8 Å². The van der Waals surface area contributed by atoms with Crippen LogP contribution in [0.1, 0.15) is 43.8 Å². The molecule has 26 heavy (non-hydrogen) atoms. The molecule has 1 unspecified atom stereocenters. The quantitative estimate of drug-likeness (QED) is 0.709. The first-order valence-corrected chi connectivity index (χ1v) is 9.26. The van der Waals surface area contributed by atoms with Crippen molar-refractivity contribution in [1.82, 2.24) is 15.5 Å². The fourth-order valence-corrected chi connectivity index (χ4v) is 3.08. The van der Waals surface area contributed by atoms with Crippen LogP contribution in [0.25, 0.3) is 0 Å². The third-order valence-corrected chi connectivity index (χ3v) is 4.45. The van der Waals surface area contributed by atoms with Gasteiger partial charge in [0.15, 0.2) is 23.9 Å². The first kappa shape index (κ1) is 18.7. The molecule has 2 aromatic rings. The largest absolute Gasteiger partial charge is 0.487 e. The zero-order chi connectivity index (χ0) is 18.2. The van der Waals surface area contributed by atoms with Gasteiger partial charge in [-0.1, -0.05) is 36.6 Å². The van der Waals surface area contributed by atoms with Gasteiger partial charge < -0.3 is 24.4 Å². The minimum atomic E-state index is -0.566. The number of aromatic nitrogens is 2. The highest BCUT2D eigenvalue weighted by Crippen LogP contribution is 2.27. The number of nitrogens with zero attached hydrogens (tertiary/aromatic N) is 2. The molecule has 0 aliphatic heterocycles. The van der Waals surface area contributed by atoms with Crippen molar-refractivity contribution in [2.45, 2.75) is 57.8 Å². The first-order valence-electron chi connectivity index (χ1n) is 9.26. The lowest BCUT2D eigenvalue weighted by Crippen LogP contribution is -2.39. The smallest absolute Gasteiger partial charge is 0.264 e. The van der Waals surface area contributed by atoms with E-state index in [0.29, 0.717) is 35.8 Å². The van der Waals surface area contributed by atoms with E-state index in [-0.39, 0.29) is 13.2 Å². The van der Waals surface area contributed by atoms with E-state index in [9.17, 15) is 5.11 Å². The molecule has 0 amide bonds. The van der Waals surface area contributed by atoms with E-state index in [4.69, 9.17) is 14.0 Å². The number of aryl methyl sites for hydroxylation is 1. The van der Waals surface area contributed by atoms with Gasteiger partial charge in [-0.25, -0.2) is 0 Å². The number of hydrogen-bond donors (Lipinski definition) is 2. The van der Waals surface area contributed by atoms with Gasteiger partial charge in [0, 0.05) is 12.6 Å². The number of ether oxygens (including phenoxy) is 2. The Morgan fingerprint density at radius 1 is 1.19 bits per heavy atom. The highest BCUT2D eigenvalue weighted by atomic mass is 16.5. The maximum Gasteiger partial charge on any atom is 0.264 e. The van der Waals surface area contributed by atoms with Crippen molar-refractivity contribution in [3.05, 3.63) is 36.0 Å². The number of benzene rings is 1. The Morgan fingerprint density at radius 2 is 1.92 bits per heavy atom.